The average Bonchev–Trinajstić information content (AvgIpc) is 3.56. The number of nitrogens with one attached hydrogen (secondary N) is 2. The summed E-state index contributed by atoms with van der Waals surface area (Å²) in [5.74, 6) is -3.34. The molecule has 2 aliphatic rings. The van der Waals surface area contributed by atoms with Gasteiger partial charge in [0.1, 0.15) is 12.6 Å². The van der Waals surface area contributed by atoms with E-state index in [1.54, 1.807) is 24.3 Å². The van der Waals surface area contributed by atoms with Crippen LogP contribution in [0.4, 0.5) is 0 Å². The molecular weight excluding hydrogens is 488 g/mol. The van der Waals surface area contributed by atoms with Crippen LogP contribution < -0.4 is 16.4 Å². The zero-order valence-corrected chi connectivity index (χ0v) is 22.2. The van der Waals surface area contributed by atoms with E-state index in [9.17, 15) is 24.0 Å². The van der Waals surface area contributed by atoms with Crippen LogP contribution in [0.5, 0.6) is 0 Å². The molecule has 10 nitrogen and oxygen atoms in total. The van der Waals surface area contributed by atoms with E-state index >= 15 is 0 Å². The third-order valence-electron chi connectivity index (χ3n) is 7.31. The number of carbonyl (C=O) groups is 5. The molecule has 4 amide bonds. The van der Waals surface area contributed by atoms with E-state index in [2.05, 4.69) is 17.6 Å². The summed E-state index contributed by atoms with van der Waals surface area (Å²) in [6.45, 7) is 2.20. The minimum atomic E-state index is -2.01. The highest BCUT2D eigenvalue weighted by Crippen LogP contribution is 2.33. The zero-order chi connectivity index (χ0) is 27.5. The van der Waals surface area contributed by atoms with Gasteiger partial charge >= 0.3 is 5.97 Å². The predicted octanol–water partition coefficient (Wildman–Crippen LogP) is 2.09. The molecule has 3 atom stereocenters. The van der Waals surface area contributed by atoms with Gasteiger partial charge in [-0.3, -0.25) is 24.5 Å². The highest BCUT2D eigenvalue weighted by atomic mass is 16.5. The van der Waals surface area contributed by atoms with E-state index in [0.29, 0.717) is 12.8 Å². The fourth-order valence-electron chi connectivity index (χ4n) is 5.08. The Kier molecular flexibility index (Phi) is 10.8. The second-order valence-electron chi connectivity index (χ2n) is 10.2. The molecule has 2 aliphatic heterocycles. The molecule has 4 N–H and O–H groups in total. The molecule has 0 aromatic heterocycles. The first-order valence-corrected chi connectivity index (χ1v) is 13.7. The maximum atomic E-state index is 13.6. The fraction of sp³-hybridized carbons (Fsp3) is 0.607. The number of unbranched alkanes of at least 4 members (excludes halogenated alkanes) is 5. The number of amides is 4. The number of hydrogen-bond donors (Lipinski definition) is 3. The summed E-state index contributed by atoms with van der Waals surface area (Å²) in [6, 6.07) is 7.24. The summed E-state index contributed by atoms with van der Waals surface area (Å²) in [4.78, 5) is 66.1. The zero-order valence-electron chi connectivity index (χ0n) is 22.2. The van der Waals surface area contributed by atoms with Crippen LogP contribution in [0.3, 0.4) is 0 Å². The van der Waals surface area contributed by atoms with Crippen molar-refractivity contribution in [2.45, 2.75) is 102 Å². The highest BCUT2D eigenvalue weighted by molar-refractivity contribution is 6.15. The van der Waals surface area contributed by atoms with Crippen molar-refractivity contribution < 1.29 is 28.7 Å². The van der Waals surface area contributed by atoms with Crippen LogP contribution >= 0.6 is 0 Å². The number of benzene rings is 1. The van der Waals surface area contributed by atoms with Crippen molar-refractivity contribution in [3.8, 4) is 0 Å². The molecule has 38 heavy (non-hydrogen) atoms. The van der Waals surface area contributed by atoms with Crippen LogP contribution in [0, 0.1) is 0 Å². The maximum Gasteiger partial charge on any atom is 0.342 e. The lowest BCUT2D eigenvalue weighted by Gasteiger charge is -2.36. The molecule has 2 heterocycles. The van der Waals surface area contributed by atoms with Gasteiger partial charge in [0, 0.05) is 13.0 Å². The molecule has 2 fully saturated rings. The van der Waals surface area contributed by atoms with Crippen LogP contribution in [0.1, 0.15) is 83.1 Å². The standard InChI is InChI=1S/C28H40N4O6/c1-2-3-4-5-6-10-14-21(29)25(35)32-18-11-17-28(32,27(37)38-19-20-12-8-7-9-13-20)26(36)31-24(34)22-15-16-23(33)30-22/h7-9,12-13,21-22H,2-6,10-11,14-19,29H2,1H3,(H,30,33)(H,31,34,36)/t21?,22-,28-/m0/s1. The largest absolute Gasteiger partial charge is 0.459 e. The van der Waals surface area contributed by atoms with Crippen molar-refractivity contribution in [2.24, 2.45) is 5.73 Å². The normalized spacial score (nSPS) is 21.6. The van der Waals surface area contributed by atoms with E-state index in [4.69, 9.17) is 10.5 Å². The van der Waals surface area contributed by atoms with Gasteiger partial charge in [0.15, 0.2) is 0 Å². The van der Waals surface area contributed by atoms with Crippen molar-refractivity contribution in [2.75, 3.05) is 6.54 Å². The lowest BCUT2D eigenvalue weighted by atomic mass is 9.93. The van der Waals surface area contributed by atoms with E-state index in [-0.39, 0.29) is 38.3 Å². The van der Waals surface area contributed by atoms with Gasteiger partial charge in [0.25, 0.3) is 5.91 Å². The maximum absolute atomic E-state index is 13.6. The van der Waals surface area contributed by atoms with Crippen molar-refractivity contribution in [3.05, 3.63) is 35.9 Å². The minimum absolute atomic E-state index is 0.00619. The summed E-state index contributed by atoms with van der Waals surface area (Å²) in [7, 11) is 0. The molecule has 1 aromatic carbocycles. The van der Waals surface area contributed by atoms with Crippen molar-refractivity contribution >= 4 is 29.6 Å². The first-order chi connectivity index (χ1) is 18.3. The van der Waals surface area contributed by atoms with Gasteiger partial charge in [0.2, 0.25) is 23.3 Å². The van der Waals surface area contributed by atoms with Crippen LogP contribution in [0.15, 0.2) is 30.3 Å². The van der Waals surface area contributed by atoms with Gasteiger partial charge in [-0.15, -0.1) is 0 Å². The molecular formula is C28H40N4O6. The van der Waals surface area contributed by atoms with Crippen LogP contribution in [0.2, 0.25) is 0 Å². The summed E-state index contributed by atoms with van der Waals surface area (Å²) < 4.78 is 5.54. The number of imide groups is 1. The minimum Gasteiger partial charge on any atom is -0.459 e. The van der Waals surface area contributed by atoms with E-state index in [0.717, 1.165) is 37.7 Å². The van der Waals surface area contributed by atoms with Crippen molar-refractivity contribution in [3.63, 3.8) is 0 Å². The average molecular weight is 529 g/mol. The third kappa shape index (κ3) is 7.18. The molecule has 3 rings (SSSR count). The Balaban J connectivity index is 1.75. The second kappa shape index (κ2) is 14.0. The number of nitrogens with two attached hydrogens (primary N) is 1. The van der Waals surface area contributed by atoms with Gasteiger partial charge < -0.3 is 20.7 Å². The number of hydrogen-bond acceptors (Lipinski definition) is 7. The first kappa shape index (κ1) is 29.3. The molecule has 1 aromatic rings. The Labute approximate surface area is 224 Å². The Morgan fingerprint density at radius 1 is 1.13 bits per heavy atom. The Bertz CT molecular complexity index is 1000. The molecule has 0 aliphatic carbocycles. The summed E-state index contributed by atoms with van der Waals surface area (Å²) in [5.41, 5.74) is 4.96. The highest BCUT2D eigenvalue weighted by Gasteiger charge is 2.58. The lowest BCUT2D eigenvalue weighted by molar-refractivity contribution is -0.168. The lowest BCUT2D eigenvalue weighted by Crippen LogP contribution is -2.66. The monoisotopic (exact) mass is 528 g/mol. The van der Waals surface area contributed by atoms with E-state index < -0.39 is 41.3 Å². The van der Waals surface area contributed by atoms with E-state index in [1.165, 1.54) is 11.3 Å². The summed E-state index contributed by atoms with van der Waals surface area (Å²) in [6.07, 6.45) is 7.47. The predicted molar refractivity (Wildman–Crippen MR) is 140 cm³/mol. The van der Waals surface area contributed by atoms with E-state index in [1.807, 2.05) is 6.07 Å². The second-order valence-corrected chi connectivity index (χ2v) is 10.2. The van der Waals surface area contributed by atoms with Crippen molar-refractivity contribution in [1.82, 2.24) is 15.5 Å². The molecule has 10 heteroatoms. The van der Waals surface area contributed by atoms with Crippen LogP contribution in [-0.2, 0) is 35.3 Å². The number of nitrogens with zero attached hydrogens (tertiary/aromatic N) is 1. The first-order valence-electron chi connectivity index (χ1n) is 13.7. The molecule has 1 unspecified atom stereocenters. The number of rotatable bonds is 13. The molecule has 0 radical (unpaired) electrons. The third-order valence-corrected chi connectivity index (χ3v) is 7.31. The number of carbonyl (C=O) groups excluding carboxylic acids is 5. The molecule has 0 bridgehead atoms. The number of ether oxygens (including phenoxy) is 1. The quantitative estimate of drug-likeness (QED) is 0.154. The topological polar surface area (TPSA) is 148 Å². The number of likely N-dealkylation sites (tertiary alicyclic amines) is 1. The Morgan fingerprint density at radius 3 is 2.53 bits per heavy atom. The fourth-order valence-corrected chi connectivity index (χ4v) is 5.08. The Morgan fingerprint density at radius 2 is 1.84 bits per heavy atom. The summed E-state index contributed by atoms with van der Waals surface area (Å²) in [5, 5.41) is 4.78. The van der Waals surface area contributed by atoms with Crippen LogP contribution in [-0.4, -0.2) is 58.7 Å². The molecule has 0 spiro atoms. The van der Waals surface area contributed by atoms with Crippen molar-refractivity contribution in [1.29, 1.82) is 0 Å². The molecule has 0 saturated carbocycles. The number of esters is 1. The van der Waals surface area contributed by atoms with Gasteiger partial charge in [-0.1, -0.05) is 75.8 Å². The SMILES string of the molecule is CCCCCCCCC(N)C(=O)N1CCC[C@]1(C(=O)NC(=O)[C@@H]1CCC(=O)N1)C(=O)OCc1ccccc1. The summed E-state index contributed by atoms with van der Waals surface area (Å²) >= 11 is 0. The Hall–Kier alpha value is -3.27. The van der Waals surface area contributed by atoms with Gasteiger partial charge in [0.05, 0.1) is 6.04 Å². The molecule has 208 valence electrons. The van der Waals surface area contributed by atoms with Gasteiger partial charge in [-0.05, 0) is 31.2 Å². The van der Waals surface area contributed by atoms with Crippen LogP contribution in [0.25, 0.3) is 0 Å². The smallest absolute Gasteiger partial charge is 0.342 e. The van der Waals surface area contributed by atoms with Gasteiger partial charge in [-0.25, -0.2) is 4.79 Å². The molecule has 2 saturated heterocycles. The van der Waals surface area contributed by atoms with Gasteiger partial charge in [-0.2, -0.15) is 0 Å².